The number of imidazole rings is 1. The van der Waals surface area contributed by atoms with E-state index >= 15 is 0 Å². The van der Waals surface area contributed by atoms with Crippen molar-refractivity contribution in [2.24, 2.45) is 5.73 Å². The molecular weight excluding hydrogens is 480 g/mol. The van der Waals surface area contributed by atoms with Crippen LogP contribution >= 0.6 is 0 Å². The number of phenolic OH excluding ortho intramolecular Hbond substituents is 1. The van der Waals surface area contributed by atoms with E-state index in [4.69, 9.17) is 10.5 Å². The van der Waals surface area contributed by atoms with Crippen LogP contribution in [0.3, 0.4) is 0 Å². The third-order valence-corrected chi connectivity index (χ3v) is 5.28. The first-order chi connectivity index (χ1) is 17.8. The minimum atomic E-state index is -1.07. The molecule has 4 amide bonds. The Bertz CT molecular complexity index is 1180. The Kier molecular flexibility index (Phi) is 9.59. The second-order valence-electron chi connectivity index (χ2n) is 8.15. The number of nitrogens with one attached hydrogen (secondary N) is 4. The van der Waals surface area contributed by atoms with Gasteiger partial charge in [0.15, 0.2) is 0 Å². The second kappa shape index (κ2) is 13.3. The Hall–Kier alpha value is -4.87. The van der Waals surface area contributed by atoms with E-state index in [2.05, 4.69) is 25.9 Å². The zero-order valence-electron chi connectivity index (χ0n) is 19.8. The molecule has 12 nitrogen and oxygen atoms in total. The maximum atomic E-state index is 12.8. The Balaban J connectivity index is 1.54. The van der Waals surface area contributed by atoms with E-state index in [1.165, 1.54) is 24.7 Å². The Morgan fingerprint density at radius 1 is 0.946 bits per heavy atom. The molecule has 0 aliphatic heterocycles. The number of primary amides is 1. The number of amides is 4. The molecule has 2 atom stereocenters. The first-order valence-electron chi connectivity index (χ1n) is 11.4. The lowest BCUT2D eigenvalue weighted by atomic mass is 10.1. The zero-order valence-corrected chi connectivity index (χ0v) is 19.8. The van der Waals surface area contributed by atoms with Crippen molar-refractivity contribution in [3.8, 4) is 5.75 Å². The van der Waals surface area contributed by atoms with Gasteiger partial charge in [-0.15, -0.1) is 0 Å². The summed E-state index contributed by atoms with van der Waals surface area (Å²) in [6.07, 6.45) is 2.30. The fourth-order valence-corrected chi connectivity index (χ4v) is 3.36. The number of hydrogen-bond donors (Lipinski definition) is 6. The molecule has 0 radical (unpaired) electrons. The van der Waals surface area contributed by atoms with Crippen molar-refractivity contribution >= 4 is 23.8 Å². The van der Waals surface area contributed by atoms with Gasteiger partial charge in [-0.1, -0.05) is 42.5 Å². The minimum absolute atomic E-state index is 0.0169. The smallest absolute Gasteiger partial charge is 0.408 e. The Labute approximate surface area is 212 Å². The van der Waals surface area contributed by atoms with Crippen LogP contribution in [0.5, 0.6) is 5.75 Å². The number of phenols is 1. The largest absolute Gasteiger partial charge is 0.508 e. The molecule has 1 heterocycles. The highest BCUT2D eigenvalue weighted by atomic mass is 16.5. The van der Waals surface area contributed by atoms with Gasteiger partial charge in [0.25, 0.3) is 0 Å². The van der Waals surface area contributed by atoms with Gasteiger partial charge in [0.05, 0.1) is 12.9 Å². The van der Waals surface area contributed by atoms with Crippen molar-refractivity contribution in [3.63, 3.8) is 0 Å². The molecule has 0 fully saturated rings. The third-order valence-electron chi connectivity index (χ3n) is 5.28. The highest BCUT2D eigenvalue weighted by molar-refractivity contribution is 5.91. The number of alkyl carbamates (subject to hydrolysis) is 1. The maximum Gasteiger partial charge on any atom is 0.408 e. The zero-order chi connectivity index (χ0) is 26.6. The van der Waals surface area contributed by atoms with Crippen LogP contribution in [0.1, 0.15) is 16.8 Å². The molecule has 37 heavy (non-hydrogen) atoms. The van der Waals surface area contributed by atoms with E-state index in [9.17, 15) is 24.3 Å². The summed E-state index contributed by atoms with van der Waals surface area (Å²) in [7, 11) is 0. The molecular formula is C25H28N6O6. The molecule has 194 valence electrons. The van der Waals surface area contributed by atoms with Crippen LogP contribution in [0.2, 0.25) is 0 Å². The highest BCUT2D eigenvalue weighted by Crippen LogP contribution is 2.11. The van der Waals surface area contributed by atoms with Crippen LogP contribution in [-0.2, 0) is 38.6 Å². The summed E-state index contributed by atoms with van der Waals surface area (Å²) in [5, 5.41) is 16.8. The number of nitrogens with two attached hydrogens (primary N) is 1. The summed E-state index contributed by atoms with van der Waals surface area (Å²) >= 11 is 0. The molecule has 0 bridgehead atoms. The fraction of sp³-hybridized carbons (Fsp3) is 0.240. The Morgan fingerprint density at radius 2 is 1.68 bits per heavy atom. The third kappa shape index (κ3) is 9.02. The molecule has 2 aromatic carbocycles. The van der Waals surface area contributed by atoms with Gasteiger partial charge >= 0.3 is 6.09 Å². The summed E-state index contributed by atoms with van der Waals surface area (Å²) in [6, 6.07) is 13.0. The first-order valence-corrected chi connectivity index (χ1v) is 11.4. The fourth-order valence-electron chi connectivity index (χ4n) is 3.36. The van der Waals surface area contributed by atoms with Gasteiger partial charge in [-0.05, 0) is 23.3 Å². The van der Waals surface area contributed by atoms with Crippen molar-refractivity contribution in [2.45, 2.75) is 31.5 Å². The average Bonchev–Trinajstić information content (AvgIpc) is 3.40. The number of benzene rings is 2. The SMILES string of the molecule is NC(=O)[C@H](Cc1ccc(O)cc1)NC(=O)CNC(=O)[C@H](Cc1cnc[nH]1)NC(=O)OCc1ccccc1. The van der Waals surface area contributed by atoms with Crippen molar-refractivity contribution in [1.82, 2.24) is 25.9 Å². The number of aromatic nitrogens is 2. The van der Waals surface area contributed by atoms with Gasteiger partial charge in [-0.25, -0.2) is 9.78 Å². The van der Waals surface area contributed by atoms with Crippen molar-refractivity contribution in [3.05, 3.63) is 83.9 Å². The van der Waals surface area contributed by atoms with E-state index in [0.29, 0.717) is 11.3 Å². The number of H-pyrrole nitrogens is 1. The molecule has 0 saturated carbocycles. The summed E-state index contributed by atoms with van der Waals surface area (Å²) < 4.78 is 5.19. The first kappa shape index (κ1) is 26.7. The standard InChI is InChI=1S/C25H28N6O6/c26-23(34)20(10-16-6-8-19(32)9-7-16)30-22(33)13-28-24(35)21(11-18-12-27-15-29-18)31-25(36)37-14-17-4-2-1-3-5-17/h1-9,12,15,20-21,32H,10-11,13-14H2,(H2,26,34)(H,27,29)(H,28,35)(H,30,33)(H,31,36)/t20-,21-/m0/s1. The van der Waals surface area contributed by atoms with Gasteiger partial charge < -0.3 is 36.5 Å². The van der Waals surface area contributed by atoms with Crippen LogP contribution in [0.4, 0.5) is 4.79 Å². The quantitative estimate of drug-likeness (QED) is 0.203. The van der Waals surface area contributed by atoms with Crippen LogP contribution in [-0.4, -0.2) is 57.5 Å². The molecule has 0 aliphatic carbocycles. The normalized spacial score (nSPS) is 12.1. The lowest BCUT2D eigenvalue weighted by molar-refractivity contribution is -0.129. The Morgan fingerprint density at radius 3 is 2.32 bits per heavy atom. The number of carbonyl (C=O) groups is 4. The number of aromatic amines is 1. The van der Waals surface area contributed by atoms with E-state index in [1.54, 1.807) is 24.3 Å². The van der Waals surface area contributed by atoms with Gasteiger partial charge in [0.1, 0.15) is 24.4 Å². The summed E-state index contributed by atoms with van der Waals surface area (Å²) in [5.74, 6) is -1.99. The van der Waals surface area contributed by atoms with Crippen molar-refractivity contribution in [1.29, 1.82) is 0 Å². The number of aromatic hydroxyl groups is 1. The number of hydrogen-bond acceptors (Lipinski definition) is 7. The maximum absolute atomic E-state index is 12.8. The molecule has 0 spiro atoms. The molecule has 0 unspecified atom stereocenters. The summed E-state index contributed by atoms with van der Waals surface area (Å²) in [4.78, 5) is 56.1. The topological polar surface area (TPSA) is 189 Å². The molecule has 7 N–H and O–H groups in total. The summed E-state index contributed by atoms with van der Waals surface area (Å²) in [5.41, 5.74) is 7.43. The number of rotatable bonds is 12. The molecule has 0 aliphatic rings. The number of nitrogens with zero attached hydrogens (tertiary/aromatic N) is 1. The van der Waals surface area contributed by atoms with Gasteiger partial charge in [-0.2, -0.15) is 0 Å². The second-order valence-corrected chi connectivity index (χ2v) is 8.15. The lowest BCUT2D eigenvalue weighted by Crippen LogP contribution is -2.52. The van der Waals surface area contributed by atoms with E-state index in [0.717, 1.165) is 5.56 Å². The monoisotopic (exact) mass is 508 g/mol. The predicted octanol–water partition coefficient (Wildman–Crippen LogP) is 0.282. The van der Waals surface area contributed by atoms with Crippen LogP contribution < -0.4 is 21.7 Å². The van der Waals surface area contributed by atoms with Crippen molar-refractivity contribution < 1.29 is 29.0 Å². The van der Waals surface area contributed by atoms with Gasteiger partial charge in [-0.3, -0.25) is 14.4 Å². The van der Waals surface area contributed by atoms with Crippen LogP contribution in [0.15, 0.2) is 67.1 Å². The van der Waals surface area contributed by atoms with Crippen molar-refractivity contribution in [2.75, 3.05) is 6.54 Å². The molecule has 12 heteroatoms. The number of carbonyl (C=O) groups excluding carboxylic acids is 4. The van der Waals surface area contributed by atoms with E-state index in [-0.39, 0.29) is 25.2 Å². The van der Waals surface area contributed by atoms with Gasteiger partial charge in [0.2, 0.25) is 17.7 Å². The van der Waals surface area contributed by atoms with Crippen LogP contribution in [0.25, 0.3) is 0 Å². The molecule has 0 saturated heterocycles. The van der Waals surface area contributed by atoms with E-state index in [1.807, 2.05) is 18.2 Å². The molecule has 3 aromatic rings. The van der Waals surface area contributed by atoms with E-state index < -0.39 is 42.4 Å². The molecule has 3 rings (SSSR count). The van der Waals surface area contributed by atoms with Crippen LogP contribution in [0, 0.1) is 0 Å². The van der Waals surface area contributed by atoms with Gasteiger partial charge in [0, 0.05) is 24.7 Å². The molecule has 1 aromatic heterocycles. The lowest BCUT2D eigenvalue weighted by Gasteiger charge is -2.19. The minimum Gasteiger partial charge on any atom is -0.508 e. The average molecular weight is 509 g/mol. The number of ether oxygens (including phenoxy) is 1. The predicted molar refractivity (Wildman–Crippen MR) is 132 cm³/mol. The summed E-state index contributed by atoms with van der Waals surface area (Å²) in [6.45, 7) is -0.443. The highest BCUT2D eigenvalue weighted by Gasteiger charge is 2.24.